The van der Waals surface area contributed by atoms with Crippen LogP contribution in [0.2, 0.25) is 0 Å². The summed E-state index contributed by atoms with van der Waals surface area (Å²) in [6.45, 7) is 8.12. The number of benzene rings is 1. The molecule has 0 radical (unpaired) electrons. The number of nitrogens with zero attached hydrogens (tertiary/aromatic N) is 3. The molecule has 0 aliphatic carbocycles. The summed E-state index contributed by atoms with van der Waals surface area (Å²) in [5, 5.41) is 7.97. The lowest BCUT2D eigenvalue weighted by atomic mass is 10.0. The lowest BCUT2D eigenvalue weighted by Gasteiger charge is -2.12. The number of hydrogen-bond acceptors (Lipinski definition) is 4. The maximum atomic E-state index is 12.9. The number of carbonyl (C=O) groups is 2. The third-order valence-electron chi connectivity index (χ3n) is 4.34. The van der Waals surface area contributed by atoms with Gasteiger partial charge in [0.1, 0.15) is 0 Å². The van der Waals surface area contributed by atoms with Gasteiger partial charge in [0.25, 0.3) is 5.91 Å². The minimum absolute atomic E-state index is 0.134. The fraction of sp³-hybridized carbons (Fsp3) is 0.300. The second-order valence-electron chi connectivity index (χ2n) is 7.07. The minimum atomic E-state index is -0.508. The smallest absolute Gasteiger partial charge is 0.256 e. The van der Waals surface area contributed by atoms with Gasteiger partial charge in [-0.3, -0.25) is 9.59 Å². The standard InChI is InChI=1S/C20H23N5O2/c1-11(2)17-9-15(16-10-22-25(12(3)4)19(16)24-17)20(27)23-14-7-5-13(6-8-14)18(21)26/h5-12H,1-4H3,(H2,21,26)(H,23,27). The van der Waals surface area contributed by atoms with E-state index in [1.807, 2.05) is 38.4 Å². The first-order valence-electron chi connectivity index (χ1n) is 8.87. The van der Waals surface area contributed by atoms with Crippen molar-refractivity contribution in [3.8, 4) is 0 Å². The van der Waals surface area contributed by atoms with E-state index in [1.54, 1.807) is 30.5 Å². The number of aromatic nitrogens is 3. The largest absolute Gasteiger partial charge is 0.366 e. The molecule has 2 heterocycles. The Morgan fingerprint density at radius 1 is 1.11 bits per heavy atom. The number of carbonyl (C=O) groups excluding carboxylic acids is 2. The fourth-order valence-electron chi connectivity index (χ4n) is 2.82. The first-order chi connectivity index (χ1) is 12.8. The number of hydrogen-bond donors (Lipinski definition) is 2. The van der Waals surface area contributed by atoms with Crippen LogP contribution in [-0.2, 0) is 0 Å². The van der Waals surface area contributed by atoms with Gasteiger partial charge in [-0.15, -0.1) is 0 Å². The maximum Gasteiger partial charge on any atom is 0.256 e. The van der Waals surface area contributed by atoms with Crippen LogP contribution in [0.1, 0.15) is 66.1 Å². The van der Waals surface area contributed by atoms with Gasteiger partial charge in [0.15, 0.2) is 5.65 Å². The molecule has 3 N–H and O–H groups in total. The topological polar surface area (TPSA) is 103 Å². The molecule has 2 aromatic heterocycles. The van der Waals surface area contributed by atoms with Gasteiger partial charge in [-0.2, -0.15) is 5.10 Å². The molecule has 0 unspecified atom stereocenters. The van der Waals surface area contributed by atoms with Crippen LogP contribution in [0.5, 0.6) is 0 Å². The van der Waals surface area contributed by atoms with Crippen molar-refractivity contribution >= 4 is 28.5 Å². The van der Waals surface area contributed by atoms with Crippen LogP contribution in [0.3, 0.4) is 0 Å². The molecule has 0 aliphatic rings. The Labute approximate surface area is 157 Å². The number of amides is 2. The molecule has 0 spiro atoms. The maximum absolute atomic E-state index is 12.9. The number of fused-ring (bicyclic) bond motifs is 1. The van der Waals surface area contributed by atoms with E-state index in [0.717, 1.165) is 5.69 Å². The van der Waals surface area contributed by atoms with E-state index >= 15 is 0 Å². The van der Waals surface area contributed by atoms with Gasteiger partial charge in [0, 0.05) is 23.0 Å². The fourth-order valence-corrected chi connectivity index (χ4v) is 2.82. The number of rotatable bonds is 5. The van der Waals surface area contributed by atoms with Gasteiger partial charge in [0.05, 0.1) is 17.1 Å². The van der Waals surface area contributed by atoms with E-state index < -0.39 is 5.91 Å². The molecule has 3 aromatic rings. The van der Waals surface area contributed by atoms with Gasteiger partial charge in [-0.05, 0) is 50.1 Å². The van der Waals surface area contributed by atoms with Crippen molar-refractivity contribution in [2.24, 2.45) is 5.73 Å². The third-order valence-corrected chi connectivity index (χ3v) is 4.34. The molecular formula is C20H23N5O2. The van der Waals surface area contributed by atoms with E-state index in [-0.39, 0.29) is 17.9 Å². The highest BCUT2D eigenvalue weighted by Crippen LogP contribution is 2.25. The van der Waals surface area contributed by atoms with Crippen molar-refractivity contribution in [3.05, 3.63) is 53.3 Å². The van der Waals surface area contributed by atoms with Gasteiger partial charge in [-0.1, -0.05) is 13.8 Å². The summed E-state index contributed by atoms with van der Waals surface area (Å²) < 4.78 is 1.82. The number of nitrogens with one attached hydrogen (secondary N) is 1. The van der Waals surface area contributed by atoms with Crippen molar-refractivity contribution in [1.29, 1.82) is 0 Å². The van der Waals surface area contributed by atoms with Crippen LogP contribution in [0, 0.1) is 0 Å². The van der Waals surface area contributed by atoms with Crippen molar-refractivity contribution in [3.63, 3.8) is 0 Å². The van der Waals surface area contributed by atoms with Crippen LogP contribution in [0.15, 0.2) is 36.5 Å². The van der Waals surface area contributed by atoms with Crippen LogP contribution < -0.4 is 11.1 Å². The molecule has 0 aliphatic heterocycles. The first kappa shape index (κ1) is 18.6. The third kappa shape index (κ3) is 3.67. The summed E-state index contributed by atoms with van der Waals surface area (Å²) in [6.07, 6.45) is 1.68. The summed E-state index contributed by atoms with van der Waals surface area (Å²) in [5.41, 5.74) is 8.27. The second kappa shape index (κ2) is 7.19. The molecule has 1 aromatic carbocycles. The number of nitrogens with two attached hydrogens (primary N) is 1. The number of pyridine rings is 1. The number of primary amides is 1. The summed E-state index contributed by atoms with van der Waals surface area (Å²) in [6, 6.07) is 8.41. The molecule has 0 saturated carbocycles. The molecule has 7 heteroatoms. The zero-order chi connectivity index (χ0) is 19.7. The highest BCUT2D eigenvalue weighted by atomic mass is 16.2. The predicted octanol–water partition coefficient (Wildman–Crippen LogP) is 3.49. The molecule has 0 saturated heterocycles. The van der Waals surface area contributed by atoms with Gasteiger partial charge in [-0.25, -0.2) is 9.67 Å². The van der Waals surface area contributed by atoms with E-state index in [2.05, 4.69) is 10.4 Å². The van der Waals surface area contributed by atoms with Crippen LogP contribution >= 0.6 is 0 Å². The Morgan fingerprint density at radius 3 is 2.33 bits per heavy atom. The molecule has 0 bridgehead atoms. The second-order valence-corrected chi connectivity index (χ2v) is 7.07. The van der Waals surface area contributed by atoms with Crippen LogP contribution in [-0.4, -0.2) is 26.6 Å². The summed E-state index contributed by atoms with van der Waals surface area (Å²) in [4.78, 5) is 28.8. The molecule has 7 nitrogen and oxygen atoms in total. The molecule has 140 valence electrons. The SMILES string of the molecule is CC(C)c1cc(C(=O)Nc2ccc(C(N)=O)cc2)c2cnn(C(C)C)c2n1. The van der Waals surface area contributed by atoms with Crippen LogP contribution in [0.4, 0.5) is 5.69 Å². The molecule has 2 amide bonds. The Balaban J connectivity index is 2.01. The Morgan fingerprint density at radius 2 is 1.78 bits per heavy atom. The molecule has 0 atom stereocenters. The van der Waals surface area contributed by atoms with E-state index in [1.165, 1.54) is 0 Å². The lowest BCUT2D eigenvalue weighted by molar-refractivity contribution is 0.0998. The lowest BCUT2D eigenvalue weighted by Crippen LogP contribution is -2.15. The molecule has 27 heavy (non-hydrogen) atoms. The zero-order valence-corrected chi connectivity index (χ0v) is 15.9. The Bertz CT molecular complexity index is 1000. The summed E-state index contributed by atoms with van der Waals surface area (Å²) in [5.74, 6) is -0.586. The van der Waals surface area contributed by atoms with Crippen molar-refractivity contribution in [1.82, 2.24) is 14.8 Å². The summed E-state index contributed by atoms with van der Waals surface area (Å²) in [7, 11) is 0. The monoisotopic (exact) mass is 365 g/mol. The normalized spacial score (nSPS) is 11.3. The number of anilines is 1. The van der Waals surface area contributed by atoms with E-state index in [0.29, 0.717) is 27.8 Å². The average molecular weight is 365 g/mol. The van der Waals surface area contributed by atoms with Crippen molar-refractivity contribution in [2.45, 2.75) is 39.7 Å². The average Bonchev–Trinajstić information content (AvgIpc) is 3.05. The quantitative estimate of drug-likeness (QED) is 0.722. The first-order valence-corrected chi connectivity index (χ1v) is 8.87. The zero-order valence-electron chi connectivity index (χ0n) is 15.9. The highest BCUT2D eigenvalue weighted by Gasteiger charge is 2.19. The van der Waals surface area contributed by atoms with Crippen molar-refractivity contribution < 1.29 is 9.59 Å². The van der Waals surface area contributed by atoms with Crippen LogP contribution in [0.25, 0.3) is 11.0 Å². The van der Waals surface area contributed by atoms with E-state index in [9.17, 15) is 9.59 Å². The van der Waals surface area contributed by atoms with Crippen molar-refractivity contribution in [2.75, 3.05) is 5.32 Å². The van der Waals surface area contributed by atoms with Gasteiger partial charge >= 0.3 is 0 Å². The molecule has 0 fully saturated rings. The summed E-state index contributed by atoms with van der Waals surface area (Å²) >= 11 is 0. The molecule has 3 rings (SSSR count). The Kier molecular flexibility index (Phi) is 4.94. The molecular weight excluding hydrogens is 342 g/mol. The van der Waals surface area contributed by atoms with Gasteiger partial charge < -0.3 is 11.1 Å². The van der Waals surface area contributed by atoms with E-state index in [4.69, 9.17) is 10.7 Å². The highest BCUT2D eigenvalue weighted by molar-refractivity contribution is 6.12. The van der Waals surface area contributed by atoms with Gasteiger partial charge in [0.2, 0.25) is 5.91 Å². The minimum Gasteiger partial charge on any atom is -0.366 e. The Hall–Kier alpha value is -3.22. The predicted molar refractivity (Wildman–Crippen MR) is 105 cm³/mol.